The molecule has 0 aliphatic heterocycles. The molecule has 3 nitrogen and oxygen atoms in total. The van der Waals surface area contributed by atoms with Crippen molar-refractivity contribution in [1.29, 1.82) is 0 Å². The monoisotopic (exact) mass is 188 g/mol. The van der Waals surface area contributed by atoms with Crippen LogP contribution in [0.1, 0.15) is 20.7 Å². The molecule has 0 fully saturated rings. The van der Waals surface area contributed by atoms with Crippen LogP contribution < -0.4 is 4.74 Å². The molecule has 1 aliphatic rings. The number of hydrogen-bond acceptors (Lipinski definition) is 3. The molecular weight excluding hydrogens is 180 g/mol. The number of fused-ring (bicyclic) bond motifs is 1. The highest BCUT2D eigenvalue weighted by atomic mass is 16.5. The molecule has 0 amide bonds. The lowest BCUT2D eigenvalue weighted by Crippen LogP contribution is -2.11. The van der Waals surface area contributed by atoms with Crippen LogP contribution in [0.3, 0.4) is 0 Å². The van der Waals surface area contributed by atoms with Crippen molar-refractivity contribution < 1.29 is 14.3 Å². The molecule has 0 saturated heterocycles. The maximum Gasteiger partial charge on any atom is 0.186 e. The van der Waals surface area contributed by atoms with Crippen LogP contribution in [-0.4, -0.2) is 18.7 Å². The van der Waals surface area contributed by atoms with E-state index in [1.165, 1.54) is 19.3 Å². The van der Waals surface area contributed by atoms with Gasteiger partial charge in [0.05, 0.1) is 7.11 Å². The van der Waals surface area contributed by atoms with Gasteiger partial charge in [-0.25, -0.2) is 0 Å². The molecule has 0 bridgehead atoms. The average Bonchev–Trinajstić information content (AvgIpc) is 2.23. The number of ether oxygens (including phenoxy) is 1. The van der Waals surface area contributed by atoms with Crippen molar-refractivity contribution in [3.63, 3.8) is 0 Å². The number of allylic oxidation sites excluding steroid dienone is 2. The number of rotatable bonds is 1. The molecule has 70 valence electrons. The van der Waals surface area contributed by atoms with Crippen LogP contribution in [0, 0.1) is 0 Å². The van der Waals surface area contributed by atoms with E-state index in [-0.39, 0.29) is 11.6 Å². The van der Waals surface area contributed by atoms with Gasteiger partial charge in [-0.15, -0.1) is 0 Å². The molecule has 0 heterocycles. The topological polar surface area (TPSA) is 43.4 Å². The highest BCUT2D eigenvalue weighted by Gasteiger charge is 2.18. The Balaban J connectivity index is 2.61. The number of carbonyl (C=O) groups excluding carboxylic acids is 2. The summed E-state index contributed by atoms with van der Waals surface area (Å²) in [5.41, 5.74) is 0.857. The van der Waals surface area contributed by atoms with Crippen LogP contribution in [0.15, 0.2) is 30.4 Å². The molecule has 1 aromatic rings. The Kier molecular flexibility index (Phi) is 1.93. The first-order chi connectivity index (χ1) is 6.72. The fourth-order valence-electron chi connectivity index (χ4n) is 1.40. The van der Waals surface area contributed by atoms with E-state index in [9.17, 15) is 9.59 Å². The third-order valence-electron chi connectivity index (χ3n) is 2.14. The van der Waals surface area contributed by atoms with Gasteiger partial charge in [-0.05, 0) is 30.4 Å². The zero-order valence-electron chi connectivity index (χ0n) is 7.61. The van der Waals surface area contributed by atoms with Crippen LogP contribution >= 0.6 is 0 Å². The second kappa shape index (κ2) is 3.10. The fourth-order valence-corrected chi connectivity index (χ4v) is 1.40. The summed E-state index contributed by atoms with van der Waals surface area (Å²) in [7, 11) is 1.52. The molecule has 0 unspecified atom stereocenters. The van der Waals surface area contributed by atoms with Gasteiger partial charge in [0.2, 0.25) is 0 Å². The number of ketones is 2. The highest BCUT2D eigenvalue weighted by Crippen LogP contribution is 2.21. The minimum atomic E-state index is -0.154. The van der Waals surface area contributed by atoms with Gasteiger partial charge in [-0.2, -0.15) is 0 Å². The van der Waals surface area contributed by atoms with Gasteiger partial charge in [0.1, 0.15) is 5.75 Å². The summed E-state index contributed by atoms with van der Waals surface area (Å²) in [5.74, 6) is 0.293. The van der Waals surface area contributed by atoms with Crippen molar-refractivity contribution in [2.45, 2.75) is 0 Å². The Morgan fingerprint density at radius 2 is 1.64 bits per heavy atom. The van der Waals surface area contributed by atoms with Gasteiger partial charge in [0.25, 0.3) is 0 Å². The van der Waals surface area contributed by atoms with Gasteiger partial charge in [-0.3, -0.25) is 9.59 Å². The van der Waals surface area contributed by atoms with Gasteiger partial charge in [0.15, 0.2) is 11.6 Å². The third kappa shape index (κ3) is 1.23. The first kappa shape index (κ1) is 8.69. The second-order valence-electron chi connectivity index (χ2n) is 2.97. The first-order valence-corrected chi connectivity index (χ1v) is 4.17. The SMILES string of the molecule is COc1ccc2c(c1)C(=O)C=CC2=O. The van der Waals surface area contributed by atoms with E-state index in [0.717, 1.165) is 0 Å². The number of methoxy groups -OCH3 is 1. The summed E-state index contributed by atoms with van der Waals surface area (Å²) in [6.45, 7) is 0. The Labute approximate surface area is 81.0 Å². The van der Waals surface area contributed by atoms with Gasteiger partial charge >= 0.3 is 0 Å². The first-order valence-electron chi connectivity index (χ1n) is 4.17. The summed E-state index contributed by atoms with van der Waals surface area (Å²) in [5, 5.41) is 0. The third-order valence-corrected chi connectivity index (χ3v) is 2.14. The molecule has 0 aromatic heterocycles. The lowest BCUT2D eigenvalue weighted by molar-refractivity contribution is 0.0994. The van der Waals surface area contributed by atoms with Crippen molar-refractivity contribution in [3.8, 4) is 5.75 Å². The minimum Gasteiger partial charge on any atom is -0.497 e. The van der Waals surface area contributed by atoms with Crippen molar-refractivity contribution in [1.82, 2.24) is 0 Å². The van der Waals surface area contributed by atoms with Gasteiger partial charge < -0.3 is 4.74 Å². The van der Waals surface area contributed by atoms with Crippen molar-refractivity contribution in [2.75, 3.05) is 7.11 Å². The lowest BCUT2D eigenvalue weighted by Gasteiger charge is -2.09. The zero-order chi connectivity index (χ0) is 10.1. The summed E-state index contributed by atoms with van der Waals surface area (Å²) >= 11 is 0. The largest absolute Gasteiger partial charge is 0.497 e. The molecule has 0 radical (unpaired) electrons. The maximum atomic E-state index is 11.4. The standard InChI is InChI=1S/C11H8O3/c1-14-7-2-3-8-9(6-7)11(13)5-4-10(8)12/h2-6H,1H3. The maximum absolute atomic E-state index is 11.4. The van der Waals surface area contributed by atoms with Crippen molar-refractivity contribution in [2.24, 2.45) is 0 Å². The number of benzene rings is 1. The van der Waals surface area contributed by atoms with E-state index in [1.807, 2.05) is 0 Å². The predicted molar refractivity (Wildman–Crippen MR) is 50.8 cm³/mol. The minimum absolute atomic E-state index is 0.137. The summed E-state index contributed by atoms with van der Waals surface area (Å²) in [4.78, 5) is 22.8. The lowest BCUT2D eigenvalue weighted by atomic mass is 9.95. The molecule has 1 aromatic carbocycles. The predicted octanol–water partition coefficient (Wildman–Crippen LogP) is 1.63. The molecule has 1 aliphatic carbocycles. The van der Waals surface area contributed by atoms with Crippen LogP contribution in [0.5, 0.6) is 5.75 Å². The molecule has 0 N–H and O–H groups in total. The Bertz CT molecular complexity index is 444. The molecule has 2 rings (SSSR count). The quantitative estimate of drug-likeness (QED) is 0.672. The zero-order valence-corrected chi connectivity index (χ0v) is 7.61. The van der Waals surface area contributed by atoms with E-state index in [4.69, 9.17) is 4.74 Å². The molecule has 14 heavy (non-hydrogen) atoms. The number of hydrogen-bond donors (Lipinski definition) is 0. The Hall–Kier alpha value is -1.90. The van der Waals surface area contributed by atoms with E-state index in [2.05, 4.69) is 0 Å². The van der Waals surface area contributed by atoms with Gasteiger partial charge in [0, 0.05) is 11.1 Å². The van der Waals surface area contributed by atoms with E-state index in [0.29, 0.717) is 16.9 Å². The molecular formula is C11H8O3. The Morgan fingerprint density at radius 3 is 2.29 bits per heavy atom. The summed E-state index contributed by atoms with van der Waals surface area (Å²) in [6, 6.07) is 4.86. The van der Waals surface area contributed by atoms with Crippen LogP contribution in [0.2, 0.25) is 0 Å². The molecule has 0 spiro atoms. The molecule has 0 atom stereocenters. The van der Waals surface area contributed by atoms with Crippen molar-refractivity contribution in [3.05, 3.63) is 41.5 Å². The van der Waals surface area contributed by atoms with Crippen molar-refractivity contribution >= 4 is 11.6 Å². The van der Waals surface area contributed by atoms with Crippen LogP contribution in [-0.2, 0) is 0 Å². The Morgan fingerprint density at radius 1 is 1.00 bits per heavy atom. The average molecular weight is 188 g/mol. The molecule has 3 heteroatoms. The number of carbonyl (C=O) groups is 2. The summed E-state index contributed by atoms with van der Waals surface area (Å²) < 4.78 is 4.98. The van der Waals surface area contributed by atoms with Crippen LogP contribution in [0.4, 0.5) is 0 Å². The van der Waals surface area contributed by atoms with E-state index < -0.39 is 0 Å². The smallest absolute Gasteiger partial charge is 0.186 e. The second-order valence-corrected chi connectivity index (χ2v) is 2.97. The fraction of sp³-hybridized carbons (Fsp3) is 0.0909. The highest BCUT2D eigenvalue weighted by molar-refractivity contribution is 6.22. The van der Waals surface area contributed by atoms with Crippen LogP contribution in [0.25, 0.3) is 0 Å². The molecule has 0 saturated carbocycles. The van der Waals surface area contributed by atoms with Gasteiger partial charge in [-0.1, -0.05) is 0 Å². The van der Waals surface area contributed by atoms with E-state index in [1.54, 1.807) is 18.2 Å². The van der Waals surface area contributed by atoms with E-state index >= 15 is 0 Å². The summed E-state index contributed by atoms with van der Waals surface area (Å²) in [6.07, 6.45) is 2.57. The normalized spacial score (nSPS) is 14.1.